The highest BCUT2D eigenvalue weighted by Crippen LogP contribution is 2.17. The number of halogens is 1. The lowest BCUT2D eigenvalue weighted by atomic mass is 10.1. The quantitative estimate of drug-likeness (QED) is 0.755. The third-order valence-corrected chi connectivity index (χ3v) is 2.93. The number of H-pyrrole nitrogens is 1. The summed E-state index contributed by atoms with van der Waals surface area (Å²) < 4.78 is 0. The van der Waals surface area contributed by atoms with Crippen LogP contribution in [0, 0.1) is 0 Å². The summed E-state index contributed by atoms with van der Waals surface area (Å²) >= 11 is 0. The number of anilines is 1. The molecule has 17 heavy (non-hydrogen) atoms. The Morgan fingerprint density at radius 3 is 2.76 bits per heavy atom. The Hall–Kier alpha value is -1.52. The molecule has 0 aliphatic carbocycles. The highest BCUT2D eigenvalue weighted by Gasteiger charge is 2.15. The predicted molar refractivity (Wildman–Crippen MR) is 72.1 cm³/mol. The fourth-order valence-corrected chi connectivity index (χ4v) is 1.91. The van der Waals surface area contributed by atoms with Gasteiger partial charge in [-0.25, -0.2) is 0 Å². The third kappa shape index (κ3) is 2.28. The molecule has 0 amide bonds. The largest absolute Gasteiger partial charge is 0.380 e. The molecule has 1 aromatic carbocycles. The molecule has 0 radical (unpaired) electrons. The molecular weight excluding hydrogens is 238 g/mol. The van der Waals surface area contributed by atoms with E-state index >= 15 is 0 Å². The van der Waals surface area contributed by atoms with Gasteiger partial charge in [-0.05, 0) is 29.7 Å². The van der Waals surface area contributed by atoms with Gasteiger partial charge in [-0.3, -0.25) is 4.79 Å². The van der Waals surface area contributed by atoms with E-state index in [1.165, 1.54) is 0 Å². The summed E-state index contributed by atoms with van der Waals surface area (Å²) in [5.41, 5.74) is 1.04. The van der Waals surface area contributed by atoms with Crippen LogP contribution in [0.2, 0.25) is 0 Å². The van der Waals surface area contributed by atoms with Crippen molar-refractivity contribution >= 4 is 28.9 Å². The van der Waals surface area contributed by atoms with E-state index in [2.05, 4.69) is 15.6 Å². The van der Waals surface area contributed by atoms with Crippen molar-refractivity contribution in [2.24, 2.45) is 0 Å². The van der Waals surface area contributed by atoms with E-state index in [-0.39, 0.29) is 18.0 Å². The highest BCUT2D eigenvalue weighted by atomic mass is 35.5. The number of aromatic amines is 1. The Labute approximate surface area is 105 Å². The van der Waals surface area contributed by atoms with Crippen molar-refractivity contribution in [2.45, 2.75) is 6.04 Å². The maximum atomic E-state index is 11.5. The Balaban J connectivity index is 0.00000108. The first-order valence-electron chi connectivity index (χ1n) is 5.42. The normalized spacial score (nSPS) is 15.1. The van der Waals surface area contributed by atoms with Crippen LogP contribution in [-0.2, 0) is 0 Å². The summed E-state index contributed by atoms with van der Waals surface area (Å²) in [5.74, 6) is 0. The molecule has 1 aliphatic heterocycles. The van der Waals surface area contributed by atoms with Gasteiger partial charge in [0.2, 0.25) is 0 Å². The Bertz CT molecular complexity index is 577. The number of aromatic nitrogens is 1. The van der Waals surface area contributed by atoms with E-state index in [4.69, 9.17) is 0 Å². The van der Waals surface area contributed by atoms with Crippen molar-refractivity contribution in [3.05, 3.63) is 40.8 Å². The molecule has 1 saturated heterocycles. The van der Waals surface area contributed by atoms with Crippen LogP contribution in [0.1, 0.15) is 0 Å². The average Bonchev–Trinajstić information content (AvgIpc) is 2.24. The van der Waals surface area contributed by atoms with Gasteiger partial charge in [0.05, 0.1) is 6.04 Å². The van der Waals surface area contributed by atoms with Gasteiger partial charge in [-0.2, -0.15) is 0 Å². The first kappa shape index (κ1) is 12.0. The minimum atomic E-state index is -0.0330. The molecule has 3 rings (SSSR count). The fourth-order valence-electron chi connectivity index (χ4n) is 1.91. The Morgan fingerprint density at radius 1 is 1.24 bits per heavy atom. The molecule has 0 bridgehead atoms. The second-order valence-electron chi connectivity index (χ2n) is 4.11. The molecule has 3 N–H and O–H groups in total. The van der Waals surface area contributed by atoms with Crippen LogP contribution in [-0.4, -0.2) is 24.1 Å². The first-order valence-corrected chi connectivity index (χ1v) is 5.42. The van der Waals surface area contributed by atoms with Crippen LogP contribution in [0.25, 0.3) is 10.8 Å². The molecule has 1 aromatic heterocycles. The van der Waals surface area contributed by atoms with Gasteiger partial charge in [0, 0.05) is 30.4 Å². The molecule has 0 unspecified atom stereocenters. The zero-order chi connectivity index (χ0) is 11.0. The van der Waals surface area contributed by atoms with Crippen molar-refractivity contribution in [2.75, 3.05) is 18.4 Å². The first-order chi connectivity index (χ1) is 7.83. The van der Waals surface area contributed by atoms with Gasteiger partial charge in [-0.1, -0.05) is 0 Å². The lowest BCUT2D eigenvalue weighted by molar-refractivity contribution is 0.472. The van der Waals surface area contributed by atoms with Gasteiger partial charge >= 0.3 is 0 Å². The van der Waals surface area contributed by atoms with Crippen LogP contribution < -0.4 is 16.2 Å². The van der Waals surface area contributed by atoms with E-state index in [1.807, 2.05) is 24.3 Å². The van der Waals surface area contributed by atoms with Crippen molar-refractivity contribution in [1.82, 2.24) is 10.3 Å². The Morgan fingerprint density at radius 2 is 2.06 bits per heavy atom. The molecule has 90 valence electrons. The summed E-state index contributed by atoms with van der Waals surface area (Å²) in [6.45, 7) is 2.01. The monoisotopic (exact) mass is 251 g/mol. The zero-order valence-electron chi connectivity index (χ0n) is 9.19. The number of pyridine rings is 1. The van der Waals surface area contributed by atoms with Gasteiger partial charge in [-0.15, -0.1) is 12.4 Å². The van der Waals surface area contributed by atoms with E-state index in [0.29, 0.717) is 6.04 Å². The third-order valence-electron chi connectivity index (χ3n) is 2.93. The van der Waals surface area contributed by atoms with Gasteiger partial charge in [0.15, 0.2) is 0 Å². The van der Waals surface area contributed by atoms with Gasteiger partial charge in [0.1, 0.15) is 0 Å². The summed E-state index contributed by atoms with van der Waals surface area (Å²) in [6.07, 6.45) is 1.68. The predicted octanol–water partition coefficient (Wildman–Crippen LogP) is 1.33. The summed E-state index contributed by atoms with van der Waals surface area (Å²) in [6, 6.07) is 8.27. The summed E-state index contributed by atoms with van der Waals surface area (Å²) in [4.78, 5) is 14.2. The number of hydrogen-bond donors (Lipinski definition) is 3. The number of hydrogen-bond acceptors (Lipinski definition) is 3. The molecule has 1 aliphatic rings. The molecule has 5 heteroatoms. The minimum Gasteiger partial charge on any atom is -0.380 e. The van der Waals surface area contributed by atoms with E-state index in [1.54, 1.807) is 6.20 Å². The maximum Gasteiger partial charge on any atom is 0.255 e. The van der Waals surface area contributed by atoms with Crippen molar-refractivity contribution in [3.8, 4) is 0 Å². The van der Waals surface area contributed by atoms with Crippen LogP contribution >= 0.6 is 12.4 Å². The van der Waals surface area contributed by atoms with E-state index in [9.17, 15) is 4.79 Å². The van der Waals surface area contributed by atoms with E-state index < -0.39 is 0 Å². The second kappa shape index (κ2) is 4.77. The van der Waals surface area contributed by atoms with Gasteiger partial charge < -0.3 is 15.6 Å². The molecular formula is C12H14ClN3O. The van der Waals surface area contributed by atoms with Crippen molar-refractivity contribution in [3.63, 3.8) is 0 Å². The van der Waals surface area contributed by atoms with Crippen molar-refractivity contribution < 1.29 is 0 Å². The maximum absolute atomic E-state index is 11.5. The number of nitrogens with one attached hydrogen (secondary N) is 3. The lowest BCUT2D eigenvalue weighted by Crippen LogP contribution is -2.51. The minimum absolute atomic E-state index is 0. The highest BCUT2D eigenvalue weighted by molar-refractivity contribution is 5.85. The molecule has 4 nitrogen and oxygen atoms in total. The lowest BCUT2D eigenvalue weighted by Gasteiger charge is -2.29. The summed E-state index contributed by atoms with van der Waals surface area (Å²) in [5, 5.41) is 8.33. The van der Waals surface area contributed by atoms with Crippen molar-refractivity contribution in [1.29, 1.82) is 0 Å². The van der Waals surface area contributed by atoms with Crippen LogP contribution in [0.3, 0.4) is 0 Å². The number of rotatable bonds is 2. The van der Waals surface area contributed by atoms with Crippen LogP contribution in [0.5, 0.6) is 0 Å². The molecule has 0 spiro atoms. The van der Waals surface area contributed by atoms with Crippen LogP contribution in [0.4, 0.5) is 5.69 Å². The fraction of sp³-hybridized carbons (Fsp3) is 0.250. The Kier molecular flexibility index (Phi) is 3.36. The molecule has 2 heterocycles. The standard InChI is InChI=1S/C12H13N3O.ClH/c16-12-11-2-1-9(15-10-6-13-7-10)5-8(11)3-4-14-12;/h1-5,10,13,15H,6-7H2,(H,14,16);1H. The number of benzene rings is 1. The molecule has 0 saturated carbocycles. The van der Waals surface area contributed by atoms with E-state index in [0.717, 1.165) is 29.5 Å². The SMILES string of the molecule is Cl.O=c1[nH]ccc2cc(NC3CNC3)ccc12. The molecule has 2 aromatic rings. The molecule has 0 atom stereocenters. The molecule has 1 fully saturated rings. The average molecular weight is 252 g/mol. The zero-order valence-corrected chi connectivity index (χ0v) is 10.0. The van der Waals surface area contributed by atoms with Gasteiger partial charge in [0.25, 0.3) is 5.56 Å². The smallest absolute Gasteiger partial charge is 0.255 e. The number of fused-ring (bicyclic) bond motifs is 1. The summed E-state index contributed by atoms with van der Waals surface area (Å²) in [7, 11) is 0. The topological polar surface area (TPSA) is 56.9 Å². The second-order valence-corrected chi connectivity index (χ2v) is 4.11. The van der Waals surface area contributed by atoms with Crippen LogP contribution in [0.15, 0.2) is 35.3 Å².